The molecule has 5 rings (SSSR count). The number of aliphatic hydroxyl groups excluding tert-OH is 1. The summed E-state index contributed by atoms with van der Waals surface area (Å²) in [5.74, 6) is 1.23. The standard InChI is InChI=1S/C27H36N8O3/c1-7-34-14-18(5)38-27-22(12-29-33(27)6)19-10-21-23(30-31-25(21)28-11-19)9-8-20-24(15-34)35(13-17(4)36)32-26(20)37-16(2)3/h8-12,16-18,36H,7,13-15H2,1-6H3,(H,28,30,31)/b9-8+/t17-,18?/m0/s1. The van der Waals surface area contributed by atoms with Crippen LogP contribution in [-0.2, 0) is 20.1 Å². The molecule has 1 unspecified atom stereocenters. The third-order valence-electron chi connectivity index (χ3n) is 6.55. The Balaban J connectivity index is 1.70. The number of H-pyrrole nitrogens is 1. The second kappa shape index (κ2) is 10.6. The lowest BCUT2D eigenvalue weighted by Crippen LogP contribution is -2.35. The highest BCUT2D eigenvalue weighted by molar-refractivity contribution is 5.90. The Bertz CT molecular complexity index is 1450. The first-order chi connectivity index (χ1) is 18.2. The molecule has 11 heteroatoms. The number of hydrogen-bond acceptors (Lipinski definition) is 8. The van der Waals surface area contributed by atoms with E-state index in [-0.39, 0.29) is 12.2 Å². The van der Waals surface area contributed by atoms with Gasteiger partial charge in [0.1, 0.15) is 6.10 Å². The molecule has 38 heavy (non-hydrogen) atoms. The van der Waals surface area contributed by atoms with Gasteiger partial charge in [-0.25, -0.2) is 9.67 Å². The lowest BCUT2D eigenvalue weighted by atomic mass is 10.1. The van der Waals surface area contributed by atoms with Gasteiger partial charge in [0.25, 0.3) is 0 Å². The zero-order valence-corrected chi connectivity index (χ0v) is 22.8. The number of likely N-dealkylation sites (N-methyl/N-ethyl adjacent to an activating group) is 1. The van der Waals surface area contributed by atoms with Crippen molar-refractivity contribution in [2.24, 2.45) is 7.05 Å². The van der Waals surface area contributed by atoms with E-state index in [1.54, 1.807) is 17.8 Å². The first-order valence-corrected chi connectivity index (χ1v) is 13.1. The second-order valence-corrected chi connectivity index (χ2v) is 10.2. The van der Waals surface area contributed by atoms with Crippen LogP contribution in [0, 0.1) is 0 Å². The van der Waals surface area contributed by atoms with E-state index in [2.05, 4.69) is 45.1 Å². The molecule has 0 spiro atoms. The summed E-state index contributed by atoms with van der Waals surface area (Å²) in [7, 11) is 1.88. The van der Waals surface area contributed by atoms with Crippen molar-refractivity contribution >= 4 is 23.2 Å². The molecule has 1 aliphatic rings. The van der Waals surface area contributed by atoms with Gasteiger partial charge < -0.3 is 14.6 Å². The van der Waals surface area contributed by atoms with Gasteiger partial charge in [0.15, 0.2) is 5.65 Å². The number of aliphatic hydroxyl groups is 1. The molecule has 0 saturated carbocycles. The number of pyridine rings is 1. The second-order valence-electron chi connectivity index (χ2n) is 10.2. The van der Waals surface area contributed by atoms with Crippen molar-refractivity contribution in [1.29, 1.82) is 0 Å². The Kier molecular flexibility index (Phi) is 7.22. The fourth-order valence-electron chi connectivity index (χ4n) is 4.76. The Morgan fingerprint density at radius 1 is 1.24 bits per heavy atom. The van der Waals surface area contributed by atoms with Gasteiger partial charge >= 0.3 is 0 Å². The van der Waals surface area contributed by atoms with Crippen molar-refractivity contribution in [3.05, 3.63) is 35.4 Å². The van der Waals surface area contributed by atoms with E-state index in [1.807, 2.05) is 43.9 Å². The van der Waals surface area contributed by atoms with Crippen LogP contribution in [0.5, 0.6) is 11.8 Å². The smallest absolute Gasteiger partial charge is 0.240 e. The van der Waals surface area contributed by atoms with E-state index in [4.69, 9.17) is 14.6 Å². The van der Waals surface area contributed by atoms with Crippen LogP contribution in [0.3, 0.4) is 0 Å². The van der Waals surface area contributed by atoms with Crippen LogP contribution in [0.4, 0.5) is 0 Å². The predicted octanol–water partition coefficient (Wildman–Crippen LogP) is 3.50. The summed E-state index contributed by atoms with van der Waals surface area (Å²) in [5.41, 5.74) is 5.07. The van der Waals surface area contributed by atoms with Crippen LogP contribution < -0.4 is 9.47 Å². The van der Waals surface area contributed by atoms with E-state index < -0.39 is 6.10 Å². The highest BCUT2D eigenvalue weighted by Crippen LogP contribution is 2.33. The van der Waals surface area contributed by atoms with Gasteiger partial charge in [0.2, 0.25) is 11.8 Å². The van der Waals surface area contributed by atoms with Crippen molar-refractivity contribution in [3.63, 3.8) is 0 Å². The number of hydrogen-bond donors (Lipinski definition) is 2. The maximum Gasteiger partial charge on any atom is 0.240 e. The number of aromatic amines is 1. The summed E-state index contributed by atoms with van der Waals surface area (Å²) in [6.07, 6.45) is 6.88. The predicted molar refractivity (Wildman–Crippen MR) is 146 cm³/mol. The van der Waals surface area contributed by atoms with E-state index in [0.717, 1.165) is 40.0 Å². The molecule has 5 heterocycles. The Morgan fingerprint density at radius 2 is 2.05 bits per heavy atom. The number of fused-ring (bicyclic) bond motifs is 4. The molecule has 2 bridgehead atoms. The number of aromatic nitrogens is 7. The summed E-state index contributed by atoms with van der Waals surface area (Å²) < 4.78 is 16.2. The van der Waals surface area contributed by atoms with Gasteiger partial charge in [0, 0.05) is 37.3 Å². The van der Waals surface area contributed by atoms with Gasteiger partial charge in [-0.1, -0.05) is 6.92 Å². The van der Waals surface area contributed by atoms with E-state index in [1.165, 1.54) is 0 Å². The van der Waals surface area contributed by atoms with Crippen molar-refractivity contribution in [1.82, 2.24) is 39.6 Å². The van der Waals surface area contributed by atoms with Crippen molar-refractivity contribution in [2.75, 3.05) is 13.1 Å². The molecule has 0 aliphatic carbocycles. The first kappa shape index (κ1) is 25.9. The monoisotopic (exact) mass is 520 g/mol. The average molecular weight is 521 g/mol. The number of rotatable bonds is 5. The zero-order valence-electron chi connectivity index (χ0n) is 22.8. The SMILES string of the molecule is CCN1Cc2c(c(OC(C)C)nn2C[C@H](C)O)/C=C/c2[nH]nc3ncc(cc23)-c2cnn(C)c2OC(C)C1. The minimum Gasteiger partial charge on any atom is -0.473 e. The van der Waals surface area contributed by atoms with E-state index >= 15 is 0 Å². The van der Waals surface area contributed by atoms with Crippen molar-refractivity contribution < 1.29 is 14.6 Å². The van der Waals surface area contributed by atoms with Crippen LogP contribution in [0.1, 0.15) is 51.6 Å². The topological polar surface area (TPSA) is 119 Å². The minimum absolute atomic E-state index is 0.0541. The Hall–Kier alpha value is -3.70. The Labute approximate surface area is 222 Å². The number of ether oxygens (including phenoxy) is 2. The molecule has 0 saturated heterocycles. The van der Waals surface area contributed by atoms with Gasteiger partial charge in [0.05, 0.1) is 47.5 Å². The molecule has 2 N–H and O–H groups in total. The maximum atomic E-state index is 10.2. The van der Waals surface area contributed by atoms with Crippen LogP contribution in [0.15, 0.2) is 18.5 Å². The Morgan fingerprint density at radius 3 is 2.79 bits per heavy atom. The highest BCUT2D eigenvalue weighted by atomic mass is 16.5. The van der Waals surface area contributed by atoms with Gasteiger partial charge in [-0.3, -0.25) is 14.7 Å². The summed E-state index contributed by atoms with van der Waals surface area (Å²) >= 11 is 0. The lowest BCUT2D eigenvalue weighted by Gasteiger charge is -2.26. The zero-order chi connectivity index (χ0) is 27.0. The van der Waals surface area contributed by atoms with Crippen LogP contribution in [-0.4, -0.2) is 76.2 Å². The van der Waals surface area contributed by atoms with E-state index in [0.29, 0.717) is 37.0 Å². The third kappa shape index (κ3) is 5.16. The molecule has 4 aromatic rings. The first-order valence-electron chi connectivity index (χ1n) is 13.1. The molecular weight excluding hydrogens is 484 g/mol. The van der Waals surface area contributed by atoms with Gasteiger partial charge in [-0.05, 0) is 52.5 Å². The molecule has 2 atom stereocenters. The average Bonchev–Trinajstić information content (AvgIpc) is 3.52. The molecule has 0 aromatic carbocycles. The molecular formula is C27H36N8O3. The van der Waals surface area contributed by atoms with Crippen molar-refractivity contribution in [3.8, 4) is 22.9 Å². The van der Waals surface area contributed by atoms with Gasteiger partial charge in [-0.15, -0.1) is 5.10 Å². The number of aryl methyl sites for hydroxylation is 1. The molecule has 4 aromatic heterocycles. The third-order valence-corrected chi connectivity index (χ3v) is 6.55. The normalized spacial score (nSPS) is 18.1. The summed E-state index contributed by atoms with van der Waals surface area (Å²) in [5, 5.41) is 27.9. The number of nitrogens with zero attached hydrogens (tertiary/aromatic N) is 7. The quantitative estimate of drug-likeness (QED) is 0.410. The lowest BCUT2D eigenvalue weighted by molar-refractivity contribution is 0.131. The molecule has 11 nitrogen and oxygen atoms in total. The molecule has 202 valence electrons. The highest BCUT2D eigenvalue weighted by Gasteiger charge is 2.24. The van der Waals surface area contributed by atoms with Crippen LogP contribution in [0.2, 0.25) is 0 Å². The number of nitrogens with one attached hydrogen (secondary N) is 1. The van der Waals surface area contributed by atoms with Crippen LogP contribution >= 0.6 is 0 Å². The minimum atomic E-state index is -0.562. The van der Waals surface area contributed by atoms with E-state index in [9.17, 15) is 5.11 Å². The molecule has 1 aliphatic heterocycles. The molecule has 0 amide bonds. The fourth-order valence-corrected chi connectivity index (χ4v) is 4.76. The summed E-state index contributed by atoms with van der Waals surface area (Å²) in [6.45, 7) is 12.4. The summed E-state index contributed by atoms with van der Waals surface area (Å²) in [6, 6.07) is 2.06. The largest absolute Gasteiger partial charge is 0.473 e. The summed E-state index contributed by atoms with van der Waals surface area (Å²) in [4.78, 5) is 6.89. The van der Waals surface area contributed by atoms with Gasteiger partial charge in [-0.2, -0.15) is 10.2 Å². The fraction of sp³-hybridized carbons (Fsp3) is 0.481. The molecule has 0 fully saturated rings. The molecule has 0 radical (unpaired) electrons. The van der Waals surface area contributed by atoms with Crippen LogP contribution in [0.25, 0.3) is 34.3 Å². The van der Waals surface area contributed by atoms with Crippen molar-refractivity contribution in [2.45, 2.75) is 66.0 Å². The maximum absolute atomic E-state index is 10.2.